The van der Waals surface area contributed by atoms with E-state index in [1.54, 1.807) is 0 Å². The minimum absolute atomic E-state index is 0.0901. The van der Waals surface area contributed by atoms with Gasteiger partial charge in [0.05, 0.1) is 30.0 Å². The minimum atomic E-state index is -0.896. The third-order valence-electron chi connectivity index (χ3n) is 4.67. The third kappa shape index (κ3) is 1.91. The van der Waals surface area contributed by atoms with Crippen LogP contribution in [-0.2, 0) is 4.74 Å². The van der Waals surface area contributed by atoms with Crippen LogP contribution in [0.3, 0.4) is 0 Å². The topological polar surface area (TPSA) is 69.9 Å². The van der Waals surface area contributed by atoms with Crippen LogP contribution in [0, 0.1) is 5.41 Å². The zero-order valence-corrected chi connectivity index (χ0v) is 11.0. The van der Waals surface area contributed by atoms with Gasteiger partial charge in [0.15, 0.2) is 0 Å². The average Bonchev–Trinajstić information content (AvgIpc) is 2.52. The predicted molar refractivity (Wildman–Crippen MR) is 63.6 cm³/mol. The standard InChI is InChI=1S/C13H24O4/c1-10(2,3)13(16)6-11(8-14)4-5-12(7-13,9-15)17-11/h14-16H,4-9H2,1-3H3/t11-,12+,13+. The van der Waals surface area contributed by atoms with E-state index in [9.17, 15) is 15.3 Å². The van der Waals surface area contributed by atoms with Gasteiger partial charge < -0.3 is 20.1 Å². The van der Waals surface area contributed by atoms with E-state index in [1.807, 2.05) is 20.8 Å². The van der Waals surface area contributed by atoms with Crippen molar-refractivity contribution < 1.29 is 20.1 Å². The van der Waals surface area contributed by atoms with Gasteiger partial charge in [0.1, 0.15) is 0 Å². The Morgan fingerprint density at radius 2 is 1.41 bits per heavy atom. The molecule has 3 N–H and O–H groups in total. The number of fused-ring (bicyclic) bond motifs is 2. The molecule has 2 heterocycles. The summed E-state index contributed by atoms with van der Waals surface area (Å²) in [5.41, 5.74) is -2.51. The second-order valence-corrected chi connectivity index (χ2v) is 6.92. The van der Waals surface area contributed by atoms with E-state index in [2.05, 4.69) is 0 Å². The maximum Gasteiger partial charge on any atom is 0.0949 e. The zero-order chi connectivity index (χ0) is 12.9. The monoisotopic (exact) mass is 244 g/mol. The fraction of sp³-hybridized carbons (Fsp3) is 1.00. The molecule has 4 heteroatoms. The molecule has 0 aromatic heterocycles. The highest BCUT2D eigenvalue weighted by Gasteiger charge is 2.62. The molecule has 0 spiro atoms. The van der Waals surface area contributed by atoms with E-state index in [0.29, 0.717) is 25.7 Å². The van der Waals surface area contributed by atoms with Crippen molar-refractivity contribution in [2.45, 2.75) is 63.3 Å². The molecule has 100 valence electrons. The molecule has 0 aromatic rings. The highest BCUT2D eigenvalue weighted by atomic mass is 16.6. The van der Waals surface area contributed by atoms with Gasteiger partial charge in [-0.1, -0.05) is 20.8 Å². The van der Waals surface area contributed by atoms with Gasteiger partial charge in [-0.25, -0.2) is 0 Å². The number of rotatable bonds is 2. The molecule has 4 nitrogen and oxygen atoms in total. The van der Waals surface area contributed by atoms with Crippen molar-refractivity contribution in [3.8, 4) is 0 Å². The van der Waals surface area contributed by atoms with Crippen molar-refractivity contribution in [2.24, 2.45) is 5.41 Å². The van der Waals surface area contributed by atoms with Crippen LogP contribution in [0.25, 0.3) is 0 Å². The Labute approximate surface area is 103 Å². The Kier molecular flexibility index (Phi) is 2.86. The summed E-state index contributed by atoms with van der Waals surface area (Å²) < 4.78 is 5.90. The smallest absolute Gasteiger partial charge is 0.0949 e. The quantitative estimate of drug-likeness (QED) is 0.673. The van der Waals surface area contributed by atoms with Crippen LogP contribution in [0.1, 0.15) is 46.5 Å². The van der Waals surface area contributed by atoms with E-state index in [4.69, 9.17) is 4.74 Å². The number of ether oxygens (including phenoxy) is 1. The summed E-state index contributed by atoms with van der Waals surface area (Å²) >= 11 is 0. The lowest BCUT2D eigenvalue weighted by Gasteiger charge is -2.52. The summed E-state index contributed by atoms with van der Waals surface area (Å²) in [6.07, 6.45) is 2.31. The van der Waals surface area contributed by atoms with E-state index >= 15 is 0 Å². The predicted octanol–water partition coefficient (Wildman–Crippen LogP) is 0.830. The molecule has 2 aliphatic heterocycles. The molecule has 0 aromatic carbocycles. The van der Waals surface area contributed by atoms with Crippen LogP contribution in [0.15, 0.2) is 0 Å². The number of hydrogen-bond acceptors (Lipinski definition) is 4. The Bertz CT molecular complexity index is 289. The van der Waals surface area contributed by atoms with Crippen molar-refractivity contribution in [3.63, 3.8) is 0 Å². The average molecular weight is 244 g/mol. The Morgan fingerprint density at radius 1 is 1.00 bits per heavy atom. The molecule has 0 amide bonds. The van der Waals surface area contributed by atoms with Gasteiger partial charge >= 0.3 is 0 Å². The molecular weight excluding hydrogens is 220 g/mol. The van der Waals surface area contributed by atoms with Crippen molar-refractivity contribution in [1.29, 1.82) is 0 Å². The SMILES string of the molecule is CC(C)(C)[C@@]1(O)C[C@]2(CO)CC[C@](CO)(C1)O2. The normalized spacial score (nSPS) is 46.2. The summed E-state index contributed by atoms with van der Waals surface area (Å²) in [4.78, 5) is 0. The highest BCUT2D eigenvalue weighted by molar-refractivity contribution is 5.12. The molecule has 2 saturated heterocycles. The molecule has 0 unspecified atom stereocenters. The van der Waals surface area contributed by atoms with Crippen molar-refractivity contribution in [2.75, 3.05) is 13.2 Å². The van der Waals surface area contributed by atoms with Crippen LogP contribution in [-0.4, -0.2) is 45.3 Å². The molecule has 17 heavy (non-hydrogen) atoms. The van der Waals surface area contributed by atoms with E-state index in [-0.39, 0.29) is 18.6 Å². The molecule has 2 fully saturated rings. The molecule has 0 aliphatic carbocycles. The number of aliphatic hydroxyl groups excluding tert-OH is 2. The van der Waals surface area contributed by atoms with E-state index in [0.717, 1.165) is 0 Å². The largest absolute Gasteiger partial charge is 0.393 e. The molecule has 0 radical (unpaired) electrons. The molecule has 0 saturated carbocycles. The van der Waals surface area contributed by atoms with Crippen LogP contribution < -0.4 is 0 Å². The van der Waals surface area contributed by atoms with Crippen molar-refractivity contribution >= 4 is 0 Å². The van der Waals surface area contributed by atoms with Crippen LogP contribution in [0.4, 0.5) is 0 Å². The molecule has 3 atom stereocenters. The Hall–Kier alpha value is -0.160. The number of aliphatic hydroxyl groups is 3. The minimum Gasteiger partial charge on any atom is -0.393 e. The van der Waals surface area contributed by atoms with Crippen molar-refractivity contribution in [3.05, 3.63) is 0 Å². The first-order valence-corrected chi connectivity index (χ1v) is 6.34. The van der Waals surface area contributed by atoms with Gasteiger partial charge in [-0.05, 0) is 18.3 Å². The maximum atomic E-state index is 10.9. The van der Waals surface area contributed by atoms with Gasteiger partial charge in [-0.15, -0.1) is 0 Å². The van der Waals surface area contributed by atoms with Gasteiger partial charge in [0.25, 0.3) is 0 Å². The zero-order valence-electron chi connectivity index (χ0n) is 11.0. The second kappa shape index (κ2) is 3.67. The molecule has 2 aliphatic rings. The Morgan fingerprint density at radius 3 is 1.71 bits per heavy atom. The van der Waals surface area contributed by atoms with Crippen LogP contribution in [0.2, 0.25) is 0 Å². The van der Waals surface area contributed by atoms with Gasteiger partial charge in [-0.3, -0.25) is 0 Å². The summed E-state index contributed by atoms with van der Waals surface area (Å²) in [7, 11) is 0. The molecule has 2 rings (SSSR count). The lowest BCUT2D eigenvalue weighted by Crippen LogP contribution is -2.60. The fourth-order valence-electron chi connectivity index (χ4n) is 3.26. The lowest BCUT2D eigenvalue weighted by atomic mass is 9.66. The number of hydrogen-bond donors (Lipinski definition) is 3. The summed E-state index contributed by atoms with van der Waals surface area (Å²) in [5.74, 6) is 0. The second-order valence-electron chi connectivity index (χ2n) is 6.92. The van der Waals surface area contributed by atoms with E-state index < -0.39 is 16.8 Å². The van der Waals surface area contributed by atoms with Crippen LogP contribution >= 0.6 is 0 Å². The first kappa shape index (κ1) is 13.3. The van der Waals surface area contributed by atoms with Gasteiger partial charge in [0.2, 0.25) is 0 Å². The maximum absolute atomic E-state index is 10.9. The summed E-state index contributed by atoms with van der Waals surface area (Å²) in [6, 6.07) is 0. The van der Waals surface area contributed by atoms with Crippen molar-refractivity contribution in [1.82, 2.24) is 0 Å². The van der Waals surface area contributed by atoms with Crippen LogP contribution in [0.5, 0.6) is 0 Å². The lowest BCUT2D eigenvalue weighted by molar-refractivity contribution is -0.251. The van der Waals surface area contributed by atoms with Gasteiger partial charge in [-0.2, -0.15) is 0 Å². The first-order valence-electron chi connectivity index (χ1n) is 6.34. The first-order chi connectivity index (χ1) is 7.70. The Balaban J connectivity index is 2.36. The highest BCUT2D eigenvalue weighted by Crippen LogP contribution is 2.56. The fourth-order valence-corrected chi connectivity index (χ4v) is 3.26. The molecule has 2 bridgehead atoms. The summed E-state index contributed by atoms with van der Waals surface area (Å²) in [6.45, 7) is 5.80. The summed E-state index contributed by atoms with van der Waals surface area (Å²) in [5, 5.41) is 30.0. The molecular formula is C13H24O4. The third-order valence-corrected chi connectivity index (χ3v) is 4.67. The van der Waals surface area contributed by atoms with E-state index in [1.165, 1.54) is 0 Å². The van der Waals surface area contributed by atoms with Gasteiger partial charge in [0, 0.05) is 12.8 Å².